The van der Waals surface area contributed by atoms with Crippen molar-refractivity contribution >= 4 is 76.9 Å². The van der Waals surface area contributed by atoms with E-state index in [9.17, 15) is 0 Å². The Hall–Kier alpha value is -3.00. The fourth-order valence-corrected chi connectivity index (χ4v) is 9.00. The molecule has 0 fully saturated rings. The summed E-state index contributed by atoms with van der Waals surface area (Å²) in [7, 11) is -0.961. The van der Waals surface area contributed by atoms with Crippen molar-refractivity contribution in [3.05, 3.63) is 170 Å². The van der Waals surface area contributed by atoms with Crippen LogP contribution >= 0.6 is 69.6 Å². The van der Waals surface area contributed by atoms with Crippen LogP contribution in [0.25, 0.3) is 33.4 Å². The predicted octanol–water partition coefficient (Wildman–Crippen LogP) is 16.3. The Morgan fingerprint density at radius 3 is 0.690 bits per heavy atom. The lowest BCUT2D eigenvalue weighted by Gasteiger charge is -2.18. The van der Waals surface area contributed by atoms with Gasteiger partial charge in [-0.1, -0.05) is 142 Å². The molecule has 0 bridgehead atoms. The van der Waals surface area contributed by atoms with Crippen molar-refractivity contribution in [3.8, 4) is 33.4 Å². The fraction of sp³-hybridized carbons (Fsp3) is 0.250. The molecule has 0 heterocycles. The first-order valence-corrected chi connectivity index (χ1v) is 21.2. The topological polar surface area (TPSA) is 27.7 Å². The van der Waals surface area contributed by atoms with Crippen LogP contribution in [-0.4, -0.2) is 7.32 Å². The van der Waals surface area contributed by atoms with Gasteiger partial charge in [-0.25, -0.2) is 0 Å². The Balaban J connectivity index is 1.20. The third kappa shape index (κ3) is 9.03. The maximum absolute atomic E-state index is 6.65. The van der Waals surface area contributed by atoms with Gasteiger partial charge in [0.25, 0.3) is 0 Å². The first kappa shape index (κ1) is 44.6. The third-order valence-electron chi connectivity index (χ3n) is 11.1. The molecule has 0 unspecified atom stereocenters. The molecule has 0 aliphatic rings. The molecule has 0 aromatic heterocycles. The molecule has 0 aliphatic heterocycles. The van der Waals surface area contributed by atoms with Crippen LogP contribution in [-0.2, 0) is 33.8 Å². The molecular formula is C48H45BCl6O3. The number of hydrogen-bond acceptors (Lipinski definition) is 3. The van der Waals surface area contributed by atoms with E-state index in [1.54, 1.807) is 0 Å². The van der Waals surface area contributed by atoms with E-state index in [4.69, 9.17) is 83.6 Å². The molecule has 58 heavy (non-hydrogen) atoms. The maximum atomic E-state index is 6.65. The highest BCUT2D eigenvalue weighted by atomic mass is 35.5. The van der Waals surface area contributed by atoms with Gasteiger partial charge < -0.3 is 14.0 Å². The molecule has 0 saturated carbocycles. The van der Waals surface area contributed by atoms with E-state index < -0.39 is 7.32 Å². The Kier molecular flexibility index (Phi) is 14.4. The van der Waals surface area contributed by atoms with E-state index in [2.05, 4.69) is 36.4 Å². The van der Waals surface area contributed by atoms with Crippen molar-refractivity contribution in [1.82, 2.24) is 0 Å². The van der Waals surface area contributed by atoms with Gasteiger partial charge >= 0.3 is 7.32 Å². The smallest absolute Gasteiger partial charge is 0.382 e. The van der Waals surface area contributed by atoms with E-state index in [-0.39, 0.29) is 19.8 Å². The van der Waals surface area contributed by atoms with Crippen molar-refractivity contribution in [2.24, 2.45) is 0 Å². The Labute approximate surface area is 373 Å². The minimum absolute atomic E-state index is 0.261. The Morgan fingerprint density at radius 2 is 0.500 bits per heavy atom. The van der Waals surface area contributed by atoms with Gasteiger partial charge in [0.05, 0.1) is 19.8 Å². The highest BCUT2D eigenvalue weighted by Crippen LogP contribution is 2.42. The third-order valence-corrected chi connectivity index (χ3v) is 14.5. The molecule has 0 saturated heterocycles. The van der Waals surface area contributed by atoms with Gasteiger partial charge in [-0.05, 0) is 162 Å². The van der Waals surface area contributed by atoms with Gasteiger partial charge in [0.1, 0.15) is 0 Å². The molecule has 0 aliphatic carbocycles. The summed E-state index contributed by atoms with van der Waals surface area (Å²) in [5.41, 5.74) is 17.7. The SMILES string of the molecule is Cc1c(Cl)c(C)c(-c2ccc(COB(OCc3ccc(-c4c(C)c(Cl)c(C)c(Cl)c4C)cc3)OCc3ccc(-c4c(C)c(Cl)c(C)c(Cl)c4C)cc3)cc2)c(C)c1Cl. The van der Waals surface area contributed by atoms with E-state index in [1.165, 1.54) is 0 Å². The lowest BCUT2D eigenvalue weighted by atomic mass is 9.93. The van der Waals surface area contributed by atoms with E-state index in [1.807, 2.05) is 98.7 Å². The number of rotatable bonds is 12. The second-order valence-electron chi connectivity index (χ2n) is 14.9. The maximum Gasteiger partial charge on any atom is 0.640 e. The standard InChI is InChI=1S/C48H45BCl6O3/c1-25-40(26(2)44(51)31(7)43(25)50)37-16-10-34(11-17-37)22-56-49(57-23-35-12-18-38(19-13-35)41-27(3)45(52)32(8)46(53)28(41)4)58-24-36-14-20-39(21-15-36)42-29(5)47(54)33(9)48(55)30(42)6/h10-21H,22-24H2,1-9H3. The molecule has 0 atom stereocenters. The van der Waals surface area contributed by atoms with Gasteiger partial charge in [0.15, 0.2) is 0 Å². The average molecular weight is 893 g/mol. The lowest BCUT2D eigenvalue weighted by Crippen LogP contribution is -2.27. The van der Waals surface area contributed by atoms with Crippen LogP contribution in [0.1, 0.15) is 66.8 Å². The van der Waals surface area contributed by atoms with Crippen LogP contribution in [0.4, 0.5) is 0 Å². The van der Waals surface area contributed by atoms with Crippen LogP contribution in [0.15, 0.2) is 72.8 Å². The highest BCUT2D eigenvalue weighted by molar-refractivity contribution is 6.39. The van der Waals surface area contributed by atoms with Crippen molar-refractivity contribution in [2.45, 2.75) is 82.1 Å². The normalized spacial score (nSPS) is 11.4. The van der Waals surface area contributed by atoms with Crippen molar-refractivity contribution < 1.29 is 14.0 Å². The zero-order valence-corrected chi connectivity index (χ0v) is 38.7. The second-order valence-corrected chi connectivity index (χ2v) is 17.2. The molecule has 0 amide bonds. The van der Waals surface area contributed by atoms with Crippen LogP contribution in [0, 0.1) is 62.3 Å². The van der Waals surface area contributed by atoms with Crippen molar-refractivity contribution in [3.63, 3.8) is 0 Å². The zero-order valence-electron chi connectivity index (χ0n) is 34.1. The van der Waals surface area contributed by atoms with Crippen LogP contribution < -0.4 is 0 Å². The Bertz CT molecular complexity index is 2130. The molecular weight excluding hydrogens is 848 g/mol. The summed E-state index contributed by atoms with van der Waals surface area (Å²) in [5.74, 6) is 0. The number of benzene rings is 6. The summed E-state index contributed by atoms with van der Waals surface area (Å²) in [6, 6.07) is 24.6. The largest absolute Gasteiger partial charge is 0.640 e. The Morgan fingerprint density at radius 1 is 0.310 bits per heavy atom. The van der Waals surface area contributed by atoms with Gasteiger partial charge in [-0.3, -0.25) is 0 Å². The van der Waals surface area contributed by atoms with Crippen LogP contribution in [0.5, 0.6) is 0 Å². The molecule has 0 radical (unpaired) electrons. The minimum Gasteiger partial charge on any atom is -0.382 e. The molecule has 0 N–H and O–H groups in total. The molecule has 6 aromatic rings. The number of halogens is 6. The molecule has 0 spiro atoms. The lowest BCUT2D eigenvalue weighted by molar-refractivity contribution is 0.0766. The molecule has 6 rings (SSSR count). The first-order chi connectivity index (χ1) is 27.5. The van der Waals surface area contributed by atoms with Gasteiger partial charge in [0.2, 0.25) is 0 Å². The highest BCUT2D eigenvalue weighted by Gasteiger charge is 2.24. The van der Waals surface area contributed by atoms with Crippen molar-refractivity contribution in [2.75, 3.05) is 0 Å². The predicted molar refractivity (Wildman–Crippen MR) is 248 cm³/mol. The molecule has 10 heteroatoms. The molecule has 300 valence electrons. The van der Waals surface area contributed by atoms with E-state index in [0.29, 0.717) is 30.1 Å². The summed E-state index contributed by atoms with van der Waals surface area (Å²) in [4.78, 5) is 0. The first-order valence-electron chi connectivity index (χ1n) is 19.0. The second kappa shape index (κ2) is 18.7. The van der Waals surface area contributed by atoms with E-state index in [0.717, 1.165) is 100 Å². The van der Waals surface area contributed by atoms with Gasteiger partial charge in [-0.2, -0.15) is 0 Å². The van der Waals surface area contributed by atoms with Gasteiger partial charge in [0, 0.05) is 30.1 Å². The van der Waals surface area contributed by atoms with Crippen LogP contribution in [0.3, 0.4) is 0 Å². The van der Waals surface area contributed by atoms with Gasteiger partial charge in [-0.15, -0.1) is 0 Å². The van der Waals surface area contributed by atoms with Crippen LogP contribution in [0.2, 0.25) is 30.1 Å². The van der Waals surface area contributed by atoms with E-state index >= 15 is 0 Å². The average Bonchev–Trinajstić information content (AvgIpc) is 3.23. The quantitative estimate of drug-likeness (QED) is 0.115. The summed E-state index contributed by atoms with van der Waals surface area (Å²) in [5, 5.41) is 4.10. The summed E-state index contributed by atoms with van der Waals surface area (Å²) in [6.07, 6.45) is 0. The van der Waals surface area contributed by atoms with Crippen molar-refractivity contribution in [1.29, 1.82) is 0 Å². The monoisotopic (exact) mass is 890 g/mol. The summed E-state index contributed by atoms with van der Waals surface area (Å²) >= 11 is 39.9. The molecule has 6 aromatic carbocycles. The summed E-state index contributed by atoms with van der Waals surface area (Å²) < 4.78 is 18.9. The minimum atomic E-state index is -0.961. The fourth-order valence-electron chi connectivity index (χ4n) is 7.72. The number of hydrogen-bond donors (Lipinski definition) is 0. The summed E-state index contributed by atoms with van der Waals surface area (Å²) in [6.45, 7) is 18.8. The zero-order chi connectivity index (χ0) is 42.2. The molecule has 3 nitrogen and oxygen atoms in total.